The van der Waals surface area contributed by atoms with Crippen molar-refractivity contribution in [3.63, 3.8) is 0 Å². The molecular formula is C19H19ClN4O3S. The molecule has 0 spiro atoms. The zero-order valence-corrected chi connectivity index (χ0v) is 16.9. The molecule has 1 aromatic heterocycles. The first-order valence-corrected chi connectivity index (χ1v) is 9.77. The fraction of sp³-hybridized carbons (Fsp3) is 0.211. The minimum Gasteiger partial charge on any atom is -0.495 e. The predicted molar refractivity (Wildman–Crippen MR) is 109 cm³/mol. The third-order valence-corrected chi connectivity index (χ3v) is 4.76. The van der Waals surface area contributed by atoms with Crippen molar-refractivity contribution in [2.24, 2.45) is 0 Å². The van der Waals surface area contributed by atoms with E-state index in [1.165, 1.54) is 11.8 Å². The number of carbonyl (C=O) groups is 1. The highest BCUT2D eigenvalue weighted by Gasteiger charge is 2.11. The van der Waals surface area contributed by atoms with E-state index in [1.54, 1.807) is 31.4 Å². The molecule has 9 heteroatoms. The number of hydrogen-bond acceptors (Lipinski definition) is 6. The van der Waals surface area contributed by atoms with Gasteiger partial charge in [0.05, 0.1) is 18.6 Å². The van der Waals surface area contributed by atoms with Crippen molar-refractivity contribution in [2.75, 3.05) is 18.2 Å². The maximum Gasteiger partial charge on any atom is 0.234 e. The van der Waals surface area contributed by atoms with E-state index in [2.05, 4.69) is 20.5 Å². The Bertz CT molecular complexity index is 947. The summed E-state index contributed by atoms with van der Waals surface area (Å²) in [5, 5.41) is 10.9. The van der Waals surface area contributed by atoms with Crippen LogP contribution in [0.25, 0.3) is 0 Å². The van der Waals surface area contributed by atoms with Gasteiger partial charge >= 0.3 is 0 Å². The number of nitrogens with one attached hydrogen (secondary N) is 2. The number of anilines is 1. The number of ether oxygens (including phenoxy) is 2. The van der Waals surface area contributed by atoms with Crippen LogP contribution in [0.15, 0.2) is 47.6 Å². The highest BCUT2D eigenvalue weighted by Crippen LogP contribution is 2.25. The molecule has 1 amide bonds. The van der Waals surface area contributed by atoms with Gasteiger partial charge in [-0.1, -0.05) is 29.4 Å². The monoisotopic (exact) mass is 418 g/mol. The van der Waals surface area contributed by atoms with Gasteiger partial charge in [0.1, 0.15) is 18.1 Å². The van der Waals surface area contributed by atoms with Gasteiger partial charge in [-0.25, -0.2) is 4.98 Å². The Labute approximate surface area is 171 Å². The second kappa shape index (κ2) is 9.48. The number of aromatic nitrogens is 3. The van der Waals surface area contributed by atoms with Crippen LogP contribution < -0.4 is 14.8 Å². The molecule has 0 fully saturated rings. The largest absolute Gasteiger partial charge is 0.495 e. The average molecular weight is 419 g/mol. The summed E-state index contributed by atoms with van der Waals surface area (Å²) >= 11 is 7.07. The summed E-state index contributed by atoms with van der Waals surface area (Å²) in [6, 6.07) is 12.7. The number of methoxy groups -OCH3 is 1. The number of aryl methyl sites for hydroxylation is 1. The molecule has 2 N–H and O–H groups in total. The van der Waals surface area contributed by atoms with Crippen LogP contribution in [0, 0.1) is 6.92 Å². The van der Waals surface area contributed by atoms with Gasteiger partial charge in [0.25, 0.3) is 0 Å². The Balaban J connectivity index is 1.49. The second-order valence-corrected chi connectivity index (χ2v) is 7.23. The molecule has 1 heterocycles. The van der Waals surface area contributed by atoms with Crippen LogP contribution in [0.3, 0.4) is 0 Å². The maximum absolute atomic E-state index is 12.2. The number of thioether (sulfide) groups is 1. The zero-order chi connectivity index (χ0) is 19.9. The second-order valence-electron chi connectivity index (χ2n) is 5.85. The van der Waals surface area contributed by atoms with Gasteiger partial charge in [-0.15, -0.1) is 5.10 Å². The van der Waals surface area contributed by atoms with Crippen molar-refractivity contribution >= 4 is 35.0 Å². The van der Waals surface area contributed by atoms with Crippen LogP contribution in [0.4, 0.5) is 5.69 Å². The van der Waals surface area contributed by atoms with Gasteiger partial charge in [-0.3, -0.25) is 9.89 Å². The van der Waals surface area contributed by atoms with Crippen LogP contribution in [0.2, 0.25) is 5.02 Å². The molecule has 0 aliphatic rings. The summed E-state index contributed by atoms with van der Waals surface area (Å²) in [6.07, 6.45) is 0. The van der Waals surface area contributed by atoms with Gasteiger partial charge in [-0.05, 0) is 48.9 Å². The lowest BCUT2D eigenvalue weighted by molar-refractivity contribution is -0.113. The quantitative estimate of drug-likeness (QED) is 0.536. The minimum absolute atomic E-state index is 0.169. The van der Waals surface area contributed by atoms with E-state index in [9.17, 15) is 4.79 Å². The van der Waals surface area contributed by atoms with E-state index in [4.69, 9.17) is 21.1 Å². The van der Waals surface area contributed by atoms with Gasteiger partial charge < -0.3 is 14.8 Å². The highest BCUT2D eigenvalue weighted by atomic mass is 35.5. The molecule has 3 aromatic rings. The fourth-order valence-electron chi connectivity index (χ4n) is 2.33. The Kier molecular flexibility index (Phi) is 6.78. The molecule has 28 heavy (non-hydrogen) atoms. The number of halogens is 1. The van der Waals surface area contributed by atoms with E-state index < -0.39 is 0 Å². The van der Waals surface area contributed by atoms with Gasteiger partial charge in [-0.2, -0.15) is 0 Å². The number of nitrogens with zero attached hydrogens (tertiary/aromatic N) is 2. The Morgan fingerprint density at radius 1 is 1.25 bits per heavy atom. The Hall–Kier alpha value is -2.71. The van der Waals surface area contributed by atoms with Crippen molar-refractivity contribution in [1.82, 2.24) is 15.2 Å². The standard InChI is InChI=1S/C19H19ClN4O3S/c1-12-3-8-16(26-2)15(9-12)21-18(25)11-28-19-22-17(23-24-19)10-27-14-6-4-13(20)5-7-14/h3-9H,10-11H2,1-2H3,(H,21,25)(H,22,23,24). The van der Waals surface area contributed by atoms with E-state index in [0.717, 1.165) is 5.56 Å². The third-order valence-electron chi connectivity index (χ3n) is 3.66. The van der Waals surface area contributed by atoms with E-state index in [0.29, 0.717) is 33.2 Å². The first-order chi connectivity index (χ1) is 13.5. The molecule has 2 aromatic carbocycles. The lowest BCUT2D eigenvalue weighted by Gasteiger charge is -2.10. The lowest BCUT2D eigenvalue weighted by Crippen LogP contribution is -2.15. The van der Waals surface area contributed by atoms with E-state index in [1.807, 2.05) is 25.1 Å². The fourth-order valence-corrected chi connectivity index (χ4v) is 3.07. The molecule has 3 rings (SSSR count). The topological polar surface area (TPSA) is 89.1 Å². The Morgan fingerprint density at radius 2 is 2.04 bits per heavy atom. The molecule has 0 saturated heterocycles. The number of benzene rings is 2. The zero-order valence-electron chi connectivity index (χ0n) is 15.4. The van der Waals surface area contributed by atoms with Crippen LogP contribution >= 0.6 is 23.4 Å². The number of hydrogen-bond donors (Lipinski definition) is 2. The summed E-state index contributed by atoms with van der Waals surface area (Å²) < 4.78 is 10.9. The van der Waals surface area contributed by atoms with Crippen molar-refractivity contribution in [1.29, 1.82) is 0 Å². The maximum atomic E-state index is 12.2. The van der Waals surface area contributed by atoms with Gasteiger partial charge in [0, 0.05) is 5.02 Å². The summed E-state index contributed by atoms with van der Waals surface area (Å²) in [6.45, 7) is 2.19. The third kappa shape index (κ3) is 5.64. The molecule has 0 unspecified atom stereocenters. The van der Waals surface area contributed by atoms with Crippen LogP contribution in [-0.4, -0.2) is 34.0 Å². The first-order valence-electron chi connectivity index (χ1n) is 8.40. The van der Waals surface area contributed by atoms with Gasteiger partial charge in [0.15, 0.2) is 5.82 Å². The van der Waals surface area contributed by atoms with Crippen LogP contribution in [0.5, 0.6) is 11.5 Å². The van der Waals surface area contributed by atoms with Crippen molar-refractivity contribution in [3.8, 4) is 11.5 Å². The average Bonchev–Trinajstić information content (AvgIpc) is 3.14. The summed E-state index contributed by atoms with van der Waals surface area (Å²) in [7, 11) is 1.57. The highest BCUT2D eigenvalue weighted by molar-refractivity contribution is 7.99. The predicted octanol–water partition coefficient (Wildman–Crippen LogP) is 4.08. The number of aromatic amines is 1. The van der Waals surface area contributed by atoms with Gasteiger partial charge in [0.2, 0.25) is 11.1 Å². The number of rotatable bonds is 8. The SMILES string of the molecule is COc1ccc(C)cc1NC(=O)CSc1n[nH]c(COc2ccc(Cl)cc2)n1. The molecular weight excluding hydrogens is 400 g/mol. The molecule has 0 atom stereocenters. The van der Waals surface area contributed by atoms with Crippen molar-refractivity contribution < 1.29 is 14.3 Å². The minimum atomic E-state index is -0.169. The molecule has 0 bridgehead atoms. The molecule has 0 aliphatic carbocycles. The number of carbonyl (C=O) groups excluding carboxylic acids is 1. The summed E-state index contributed by atoms with van der Waals surface area (Å²) in [5.41, 5.74) is 1.67. The molecule has 0 radical (unpaired) electrons. The number of H-pyrrole nitrogens is 1. The normalized spacial score (nSPS) is 10.5. The first kappa shape index (κ1) is 20.0. The van der Waals surface area contributed by atoms with Crippen LogP contribution in [-0.2, 0) is 11.4 Å². The molecule has 0 saturated carbocycles. The molecule has 7 nitrogen and oxygen atoms in total. The van der Waals surface area contributed by atoms with Crippen molar-refractivity contribution in [3.05, 3.63) is 58.9 Å². The lowest BCUT2D eigenvalue weighted by atomic mass is 10.2. The van der Waals surface area contributed by atoms with E-state index in [-0.39, 0.29) is 18.3 Å². The molecule has 146 valence electrons. The smallest absolute Gasteiger partial charge is 0.234 e. The van der Waals surface area contributed by atoms with E-state index >= 15 is 0 Å². The summed E-state index contributed by atoms with van der Waals surface area (Å²) in [4.78, 5) is 16.5. The van der Waals surface area contributed by atoms with Crippen LogP contribution in [0.1, 0.15) is 11.4 Å². The Morgan fingerprint density at radius 3 is 2.79 bits per heavy atom. The number of amides is 1. The summed E-state index contributed by atoms with van der Waals surface area (Å²) in [5.74, 6) is 1.87. The molecule has 0 aliphatic heterocycles. The van der Waals surface area contributed by atoms with Crippen molar-refractivity contribution in [2.45, 2.75) is 18.7 Å².